The number of aryl methyl sites for hydroxylation is 1. The van der Waals surface area contributed by atoms with Crippen LogP contribution in [0.25, 0.3) is 55.1 Å². The van der Waals surface area contributed by atoms with Gasteiger partial charge in [-0.3, -0.25) is 0 Å². The minimum Gasteiger partial charge on any atom is -0.322 e. The normalized spacial score (nSPS) is 11.4. The fourth-order valence-electron chi connectivity index (χ4n) is 6.82. The van der Waals surface area contributed by atoms with Crippen LogP contribution in [0.2, 0.25) is 0 Å². The molecule has 0 fully saturated rings. The SMILES string of the molecule is C=C(CC/C=C\C)CN(c1cccc(-c2ccc3c(-c4ccccc4)c4ccccc4c(-c4ccccc4)c3c2)n1)c1ccccc1C. The number of rotatable bonds is 10. The Balaban J connectivity index is 1.41. The van der Waals surface area contributed by atoms with Gasteiger partial charge in [0.25, 0.3) is 0 Å². The van der Waals surface area contributed by atoms with Crippen LogP contribution in [-0.2, 0) is 0 Å². The Morgan fingerprint density at radius 2 is 1.23 bits per heavy atom. The van der Waals surface area contributed by atoms with Gasteiger partial charge in [-0.05, 0) is 100 Å². The molecule has 1 heterocycles. The summed E-state index contributed by atoms with van der Waals surface area (Å²) in [5.74, 6) is 0.917. The third-order valence-electron chi connectivity index (χ3n) is 9.14. The van der Waals surface area contributed by atoms with E-state index in [2.05, 4.69) is 183 Å². The number of hydrogen-bond donors (Lipinski definition) is 0. The second-order valence-corrected chi connectivity index (χ2v) is 12.4. The molecule has 48 heavy (non-hydrogen) atoms. The lowest BCUT2D eigenvalue weighted by Crippen LogP contribution is -2.22. The maximum atomic E-state index is 5.33. The minimum atomic E-state index is 0.709. The van der Waals surface area contributed by atoms with Gasteiger partial charge >= 0.3 is 0 Å². The summed E-state index contributed by atoms with van der Waals surface area (Å²) in [6.07, 6.45) is 6.25. The number of benzene rings is 6. The first-order valence-electron chi connectivity index (χ1n) is 16.8. The molecule has 0 N–H and O–H groups in total. The average molecular weight is 621 g/mol. The molecule has 0 unspecified atom stereocenters. The van der Waals surface area contributed by atoms with Crippen molar-refractivity contribution in [3.05, 3.63) is 175 Å². The third kappa shape index (κ3) is 6.18. The number of para-hydroxylation sites is 1. The van der Waals surface area contributed by atoms with Crippen molar-refractivity contribution >= 4 is 33.1 Å². The van der Waals surface area contributed by atoms with Gasteiger partial charge in [0.1, 0.15) is 5.82 Å². The molecule has 0 bridgehead atoms. The van der Waals surface area contributed by atoms with Crippen molar-refractivity contribution in [1.29, 1.82) is 0 Å². The Hall–Kier alpha value is -5.73. The number of hydrogen-bond acceptors (Lipinski definition) is 2. The highest BCUT2D eigenvalue weighted by molar-refractivity contribution is 6.21. The Morgan fingerprint density at radius 1 is 0.625 bits per heavy atom. The first-order valence-corrected chi connectivity index (χ1v) is 16.8. The van der Waals surface area contributed by atoms with Crippen molar-refractivity contribution in [3.63, 3.8) is 0 Å². The van der Waals surface area contributed by atoms with Gasteiger partial charge in [0.15, 0.2) is 0 Å². The van der Waals surface area contributed by atoms with E-state index < -0.39 is 0 Å². The van der Waals surface area contributed by atoms with Gasteiger partial charge in [-0.2, -0.15) is 0 Å². The minimum absolute atomic E-state index is 0.709. The van der Waals surface area contributed by atoms with E-state index in [1.807, 2.05) is 0 Å². The van der Waals surface area contributed by atoms with Crippen LogP contribution in [0.1, 0.15) is 25.3 Å². The third-order valence-corrected chi connectivity index (χ3v) is 9.14. The molecule has 0 atom stereocenters. The van der Waals surface area contributed by atoms with Crippen molar-refractivity contribution < 1.29 is 0 Å². The highest BCUT2D eigenvalue weighted by Crippen LogP contribution is 2.44. The van der Waals surface area contributed by atoms with Crippen molar-refractivity contribution in [1.82, 2.24) is 4.98 Å². The number of allylic oxidation sites excluding steroid dienone is 2. The van der Waals surface area contributed by atoms with Crippen molar-refractivity contribution in [3.8, 4) is 33.5 Å². The summed E-state index contributed by atoms with van der Waals surface area (Å²) < 4.78 is 0. The molecule has 0 aliphatic carbocycles. The Bertz CT molecular complexity index is 2250. The summed E-state index contributed by atoms with van der Waals surface area (Å²) in [7, 11) is 0. The Morgan fingerprint density at radius 3 is 1.90 bits per heavy atom. The molecule has 0 aliphatic heterocycles. The fraction of sp³-hybridized carbons (Fsp3) is 0.109. The molecule has 7 rings (SSSR count). The second-order valence-electron chi connectivity index (χ2n) is 12.4. The predicted octanol–water partition coefficient (Wildman–Crippen LogP) is 12.7. The Kier molecular flexibility index (Phi) is 8.98. The molecule has 0 spiro atoms. The lowest BCUT2D eigenvalue weighted by Gasteiger charge is -2.27. The van der Waals surface area contributed by atoms with E-state index in [1.54, 1.807) is 0 Å². The van der Waals surface area contributed by atoms with Crippen LogP contribution in [0.15, 0.2) is 170 Å². The van der Waals surface area contributed by atoms with E-state index in [0.717, 1.165) is 35.6 Å². The van der Waals surface area contributed by atoms with Crippen LogP contribution in [0.5, 0.6) is 0 Å². The molecule has 234 valence electrons. The molecule has 0 amide bonds. The summed E-state index contributed by atoms with van der Waals surface area (Å²) in [5.41, 5.74) is 10.5. The van der Waals surface area contributed by atoms with Crippen molar-refractivity contribution in [2.75, 3.05) is 11.4 Å². The van der Waals surface area contributed by atoms with Gasteiger partial charge in [0, 0.05) is 17.8 Å². The van der Waals surface area contributed by atoms with E-state index in [0.29, 0.717) is 6.54 Å². The first kappa shape index (κ1) is 30.9. The van der Waals surface area contributed by atoms with Gasteiger partial charge in [-0.25, -0.2) is 4.98 Å². The molecule has 2 nitrogen and oxygen atoms in total. The van der Waals surface area contributed by atoms with E-state index in [9.17, 15) is 0 Å². The van der Waals surface area contributed by atoms with Crippen molar-refractivity contribution in [2.24, 2.45) is 0 Å². The van der Waals surface area contributed by atoms with Crippen LogP contribution in [0.4, 0.5) is 11.5 Å². The van der Waals surface area contributed by atoms with Crippen LogP contribution < -0.4 is 4.90 Å². The Labute approximate surface area is 284 Å². The topological polar surface area (TPSA) is 16.1 Å². The smallest absolute Gasteiger partial charge is 0.133 e. The summed E-state index contributed by atoms with van der Waals surface area (Å²) in [6.45, 7) is 9.40. The van der Waals surface area contributed by atoms with Crippen LogP contribution >= 0.6 is 0 Å². The van der Waals surface area contributed by atoms with Gasteiger partial charge in [-0.1, -0.05) is 146 Å². The molecule has 7 aromatic rings. The standard InChI is InChI=1S/C46H40N2/c1-4-5-8-18-33(2)32-48(43-27-16-13-19-34(43)3)44-28-17-26-42(47-44)37-29-30-40-41(31-37)46(36-22-11-7-12-23-36)39-25-15-14-24-38(39)45(40)35-20-9-6-10-21-35/h4-7,9-17,19-31H,2,8,18,32H2,1,3H3/b5-4-. The number of nitrogens with zero attached hydrogens (tertiary/aromatic N) is 2. The van der Waals surface area contributed by atoms with E-state index in [4.69, 9.17) is 4.98 Å². The summed E-state index contributed by atoms with van der Waals surface area (Å²) in [5, 5.41) is 4.96. The summed E-state index contributed by atoms with van der Waals surface area (Å²) in [6, 6.07) is 52.2. The molecular weight excluding hydrogens is 581 g/mol. The molecule has 1 aromatic heterocycles. The summed E-state index contributed by atoms with van der Waals surface area (Å²) in [4.78, 5) is 7.65. The average Bonchev–Trinajstić information content (AvgIpc) is 3.14. The van der Waals surface area contributed by atoms with E-state index >= 15 is 0 Å². The monoisotopic (exact) mass is 620 g/mol. The molecule has 0 radical (unpaired) electrons. The zero-order valence-electron chi connectivity index (χ0n) is 27.7. The van der Waals surface area contributed by atoms with E-state index in [-0.39, 0.29) is 0 Å². The zero-order valence-corrected chi connectivity index (χ0v) is 27.7. The number of fused-ring (bicyclic) bond motifs is 2. The van der Waals surface area contributed by atoms with Crippen LogP contribution in [0, 0.1) is 6.92 Å². The molecule has 6 aromatic carbocycles. The van der Waals surface area contributed by atoms with Gasteiger partial charge in [0.05, 0.1) is 5.69 Å². The molecule has 2 heteroatoms. The van der Waals surface area contributed by atoms with Gasteiger partial charge in [0.2, 0.25) is 0 Å². The van der Waals surface area contributed by atoms with Gasteiger partial charge < -0.3 is 4.90 Å². The largest absolute Gasteiger partial charge is 0.322 e. The maximum Gasteiger partial charge on any atom is 0.133 e. The highest BCUT2D eigenvalue weighted by Gasteiger charge is 2.19. The fourth-order valence-corrected chi connectivity index (χ4v) is 6.82. The number of anilines is 2. The molecular formula is C46H40N2. The first-order chi connectivity index (χ1) is 23.6. The van der Waals surface area contributed by atoms with Crippen molar-refractivity contribution in [2.45, 2.75) is 26.7 Å². The van der Waals surface area contributed by atoms with Gasteiger partial charge in [-0.15, -0.1) is 0 Å². The maximum absolute atomic E-state index is 5.33. The predicted molar refractivity (Wildman–Crippen MR) is 207 cm³/mol. The van der Waals surface area contributed by atoms with E-state index in [1.165, 1.54) is 54.9 Å². The lowest BCUT2D eigenvalue weighted by molar-refractivity contribution is 0.899. The molecule has 0 saturated carbocycles. The van der Waals surface area contributed by atoms with Crippen LogP contribution in [0.3, 0.4) is 0 Å². The lowest BCUT2D eigenvalue weighted by atomic mass is 9.85. The number of aromatic nitrogens is 1. The zero-order chi connectivity index (χ0) is 32.9. The highest BCUT2D eigenvalue weighted by atomic mass is 15.2. The summed E-state index contributed by atoms with van der Waals surface area (Å²) >= 11 is 0. The quantitative estimate of drug-likeness (QED) is 0.112. The molecule has 0 saturated heterocycles. The number of pyridine rings is 1. The molecule has 0 aliphatic rings. The second kappa shape index (κ2) is 13.9. The van der Waals surface area contributed by atoms with Crippen LogP contribution in [-0.4, -0.2) is 11.5 Å².